The standard InChI is InChI=1S/C14H21F3N2O2/c1-20-7-5-19(6-8-21-2)13-4-3-12(14(15,16)17)9-11(13)10-18/h3-4,9H,5-8,10,18H2,1-2H3. The van der Waals surface area contributed by atoms with Crippen molar-refractivity contribution in [3.8, 4) is 0 Å². The summed E-state index contributed by atoms with van der Waals surface area (Å²) in [7, 11) is 3.15. The van der Waals surface area contributed by atoms with Gasteiger partial charge in [0.25, 0.3) is 0 Å². The highest BCUT2D eigenvalue weighted by Crippen LogP contribution is 2.32. The minimum atomic E-state index is -4.37. The Balaban J connectivity index is 3.05. The summed E-state index contributed by atoms with van der Waals surface area (Å²) in [5.74, 6) is 0. The Morgan fingerprint density at radius 3 is 2.10 bits per heavy atom. The number of nitrogens with two attached hydrogens (primary N) is 1. The normalized spacial score (nSPS) is 11.7. The minimum Gasteiger partial charge on any atom is -0.383 e. The molecule has 0 aliphatic heterocycles. The number of halogens is 3. The molecule has 1 aromatic carbocycles. The summed E-state index contributed by atoms with van der Waals surface area (Å²) < 4.78 is 48.3. The molecule has 0 bridgehead atoms. The van der Waals surface area contributed by atoms with E-state index in [1.165, 1.54) is 6.07 Å². The first-order chi connectivity index (χ1) is 9.93. The summed E-state index contributed by atoms with van der Waals surface area (Å²) >= 11 is 0. The van der Waals surface area contributed by atoms with E-state index in [4.69, 9.17) is 15.2 Å². The van der Waals surface area contributed by atoms with Gasteiger partial charge in [-0.25, -0.2) is 0 Å². The van der Waals surface area contributed by atoms with E-state index in [0.717, 1.165) is 12.1 Å². The molecular weight excluding hydrogens is 285 g/mol. The molecule has 4 nitrogen and oxygen atoms in total. The number of rotatable bonds is 8. The van der Waals surface area contributed by atoms with Gasteiger partial charge in [-0.3, -0.25) is 0 Å². The average molecular weight is 306 g/mol. The monoisotopic (exact) mass is 306 g/mol. The van der Waals surface area contributed by atoms with Gasteiger partial charge in [-0.05, 0) is 23.8 Å². The van der Waals surface area contributed by atoms with Crippen LogP contribution >= 0.6 is 0 Å². The summed E-state index contributed by atoms with van der Waals surface area (Å²) in [5, 5.41) is 0. The van der Waals surface area contributed by atoms with Gasteiger partial charge in [-0.2, -0.15) is 13.2 Å². The summed E-state index contributed by atoms with van der Waals surface area (Å²) in [4.78, 5) is 1.91. The Kier molecular flexibility index (Phi) is 6.94. The highest BCUT2D eigenvalue weighted by atomic mass is 19.4. The molecule has 1 rings (SSSR count). The second-order valence-corrected chi connectivity index (χ2v) is 4.52. The topological polar surface area (TPSA) is 47.7 Å². The van der Waals surface area contributed by atoms with Crippen molar-refractivity contribution < 1.29 is 22.6 Å². The summed E-state index contributed by atoms with van der Waals surface area (Å²) in [5.41, 5.74) is 6.05. The highest BCUT2D eigenvalue weighted by Gasteiger charge is 2.31. The number of nitrogens with zero attached hydrogens (tertiary/aromatic N) is 1. The number of ether oxygens (including phenoxy) is 2. The summed E-state index contributed by atoms with van der Waals surface area (Å²) in [6, 6.07) is 3.62. The van der Waals surface area contributed by atoms with Crippen LogP contribution in [-0.2, 0) is 22.2 Å². The van der Waals surface area contributed by atoms with E-state index in [-0.39, 0.29) is 6.54 Å². The Labute approximate surface area is 122 Å². The van der Waals surface area contributed by atoms with Gasteiger partial charge >= 0.3 is 6.18 Å². The third kappa shape index (κ3) is 5.18. The number of hydrogen-bond acceptors (Lipinski definition) is 4. The van der Waals surface area contributed by atoms with Crippen LogP contribution in [0.2, 0.25) is 0 Å². The highest BCUT2D eigenvalue weighted by molar-refractivity contribution is 5.55. The van der Waals surface area contributed by atoms with Gasteiger partial charge < -0.3 is 20.1 Å². The molecule has 120 valence electrons. The summed E-state index contributed by atoms with van der Waals surface area (Å²) in [6.07, 6.45) is -4.37. The molecule has 0 aliphatic carbocycles. The van der Waals surface area contributed by atoms with Crippen LogP contribution in [0.1, 0.15) is 11.1 Å². The van der Waals surface area contributed by atoms with Gasteiger partial charge in [0, 0.05) is 39.5 Å². The Bertz CT molecular complexity index is 431. The van der Waals surface area contributed by atoms with Crippen LogP contribution in [0.4, 0.5) is 18.9 Å². The largest absolute Gasteiger partial charge is 0.416 e. The molecular formula is C14H21F3N2O2. The van der Waals surface area contributed by atoms with Crippen LogP contribution in [0.5, 0.6) is 0 Å². The van der Waals surface area contributed by atoms with Crippen molar-refractivity contribution in [2.45, 2.75) is 12.7 Å². The van der Waals surface area contributed by atoms with E-state index in [1.54, 1.807) is 14.2 Å². The molecule has 0 heterocycles. The van der Waals surface area contributed by atoms with Crippen LogP contribution < -0.4 is 10.6 Å². The first kappa shape index (κ1) is 17.7. The zero-order valence-corrected chi connectivity index (χ0v) is 12.2. The zero-order chi connectivity index (χ0) is 15.9. The van der Waals surface area contributed by atoms with Gasteiger partial charge in [0.1, 0.15) is 0 Å². The molecule has 0 saturated heterocycles. The number of hydrogen-bond donors (Lipinski definition) is 1. The molecule has 0 aliphatic rings. The van der Waals surface area contributed by atoms with E-state index in [1.807, 2.05) is 4.90 Å². The van der Waals surface area contributed by atoms with Gasteiger partial charge in [-0.15, -0.1) is 0 Å². The van der Waals surface area contributed by atoms with Crippen molar-refractivity contribution >= 4 is 5.69 Å². The number of anilines is 1. The van der Waals surface area contributed by atoms with Crippen LogP contribution in [0.3, 0.4) is 0 Å². The molecule has 2 N–H and O–H groups in total. The van der Waals surface area contributed by atoms with Crippen molar-refractivity contribution in [2.75, 3.05) is 45.4 Å². The first-order valence-electron chi connectivity index (χ1n) is 6.57. The molecule has 7 heteroatoms. The first-order valence-corrected chi connectivity index (χ1v) is 6.57. The lowest BCUT2D eigenvalue weighted by molar-refractivity contribution is -0.137. The number of alkyl halides is 3. The summed E-state index contributed by atoms with van der Waals surface area (Å²) in [6.45, 7) is 2.08. The molecule has 1 aromatic rings. The minimum absolute atomic E-state index is 0.0374. The molecule has 0 atom stereocenters. The lowest BCUT2D eigenvalue weighted by atomic mass is 10.1. The molecule has 0 aromatic heterocycles. The fourth-order valence-corrected chi connectivity index (χ4v) is 1.99. The smallest absolute Gasteiger partial charge is 0.383 e. The molecule has 0 amide bonds. The Hall–Kier alpha value is -1.31. The fraction of sp³-hybridized carbons (Fsp3) is 0.571. The lowest BCUT2D eigenvalue weighted by Crippen LogP contribution is -2.32. The SMILES string of the molecule is COCCN(CCOC)c1ccc(C(F)(F)F)cc1CN. The van der Waals surface area contributed by atoms with Crippen LogP contribution in [0.15, 0.2) is 18.2 Å². The third-order valence-corrected chi connectivity index (χ3v) is 3.10. The van der Waals surface area contributed by atoms with E-state index in [0.29, 0.717) is 37.6 Å². The quantitative estimate of drug-likeness (QED) is 0.800. The average Bonchev–Trinajstić information content (AvgIpc) is 2.46. The second-order valence-electron chi connectivity index (χ2n) is 4.52. The molecule has 21 heavy (non-hydrogen) atoms. The van der Waals surface area contributed by atoms with Crippen molar-refractivity contribution in [1.29, 1.82) is 0 Å². The predicted octanol–water partition coefficient (Wildman–Crippen LogP) is 2.26. The zero-order valence-electron chi connectivity index (χ0n) is 12.2. The molecule has 0 radical (unpaired) electrons. The van der Waals surface area contributed by atoms with E-state index in [9.17, 15) is 13.2 Å². The van der Waals surface area contributed by atoms with Crippen molar-refractivity contribution in [1.82, 2.24) is 0 Å². The molecule has 0 spiro atoms. The maximum atomic E-state index is 12.7. The molecule has 0 fully saturated rings. The van der Waals surface area contributed by atoms with E-state index in [2.05, 4.69) is 0 Å². The van der Waals surface area contributed by atoms with Gasteiger partial charge in [0.15, 0.2) is 0 Å². The number of methoxy groups -OCH3 is 2. The van der Waals surface area contributed by atoms with Crippen LogP contribution in [-0.4, -0.2) is 40.5 Å². The van der Waals surface area contributed by atoms with Crippen molar-refractivity contribution in [3.63, 3.8) is 0 Å². The lowest BCUT2D eigenvalue weighted by Gasteiger charge is -2.27. The van der Waals surface area contributed by atoms with E-state index < -0.39 is 11.7 Å². The third-order valence-electron chi connectivity index (χ3n) is 3.10. The van der Waals surface area contributed by atoms with E-state index >= 15 is 0 Å². The second kappa shape index (κ2) is 8.21. The molecule has 0 unspecified atom stereocenters. The van der Waals surface area contributed by atoms with Gasteiger partial charge in [-0.1, -0.05) is 0 Å². The predicted molar refractivity (Wildman–Crippen MR) is 75.3 cm³/mol. The van der Waals surface area contributed by atoms with Gasteiger partial charge in [0.05, 0.1) is 18.8 Å². The van der Waals surface area contributed by atoms with Crippen molar-refractivity contribution in [3.05, 3.63) is 29.3 Å². The van der Waals surface area contributed by atoms with Crippen LogP contribution in [0.25, 0.3) is 0 Å². The number of benzene rings is 1. The Morgan fingerprint density at radius 2 is 1.67 bits per heavy atom. The van der Waals surface area contributed by atoms with Gasteiger partial charge in [0.2, 0.25) is 0 Å². The molecule has 0 saturated carbocycles. The Morgan fingerprint density at radius 1 is 1.10 bits per heavy atom. The van der Waals surface area contributed by atoms with Crippen molar-refractivity contribution in [2.24, 2.45) is 5.73 Å². The maximum Gasteiger partial charge on any atom is 0.416 e. The fourth-order valence-electron chi connectivity index (χ4n) is 1.99. The van der Waals surface area contributed by atoms with Crippen LogP contribution in [0, 0.1) is 0 Å². The maximum absolute atomic E-state index is 12.7.